The maximum Gasteiger partial charge on any atom is 0.423 e. The number of carbonyl (C=O) groups excluding carboxylic acids is 1. The van der Waals surface area contributed by atoms with Crippen molar-refractivity contribution in [2.45, 2.75) is 13.1 Å². The van der Waals surface area contributed by atoms with E-state index in [2.05, 4.69) is 0 Å². The Balaban J connectivity index is 3.58. The van der Waals surface area contributed by atoms with Gasteiger partial charge < -0.3 is 5.73 Å². The van der Waals surface area contributed by atoms with Crippen LogP contribution in [-0.2, 0) is 6.18 Å². The van der Waals surface area contributed by atoms with Crippen LogP contribution in [0.25, 0.3) is 0 Å². The van der Waals surface area contributed by atoms with Crippen LogP contribution in [0.2, 0.25) is 0 Å². The molecule has 0 radical (unpaired) electrons. The average molecular weight is 248 g/mol. The summed E-state index contributed by atoms with van der Waals surface area (Å²) in [4.78, 5) is 20.3. The van der Waals surface area contributed by atoms with E-state index in [-0.39, 0.29) is 5.56 Å². The number of nitro groups is 1. The number of halogens is 3. The summed E-state index contributed by atoms with van der Waals surface area (Å²) in [5, 5.41) is 10.5. The molecule has 1 rings (SSSR count). The van der Waals surface area contributed by atoms with E-state index >= 15 is 0 Å². The fraction of sp³-hybridized carbons (Fsp3) is 0.222. The molecule has 0 fully saturated rings. The van der Waals surface area contributed by atoms with Gasteiger partial charge in [0.05, 0.1) is 4.92 Å². The van der Waals surface area contributed by atoms with Crippen LogP contribution in [0.4, 0.5) is 24.5 Å². The highest BCUT2D eigenvalue weighted by atomic mass is 19.4. The maximum absolute atomic E-state index is 12.5. The molecule has 1 aromatic rings. The van der Waals surface area contributed by atoms with Crippen molar-refractivity contribution in [3.8, 4) is 0 Å². The Bertz CT molecular complexity index is 497. The molecule has 0 spiro atoms. The molecule has 0 saturated carbocycles. The molecule has 8 heteroatoms. The second-order valence-electron chi connectivity index (χ2n) is 3.27. The number of benzene rings is 1. The van der Waals surface area contributed by atoms with Crippen LogP contribution < -0.4 is 5.73 Å². The molecule has 2 N–H and O–H groups in total. The molecular formula is C9H7F3N2O3. The number of nitrogens with zero attached hydrogens (tertiary/aromatic N) is 1. The van der Waals surface area contributed by atoms with Gasteiger partial charge in [-0.05, 0) is 13.0 Å². The zero-order valence-electron chi connectivity index (χ0n) is 8.54. The first-order chi connectivity index (χ1) is 7.64. The largest absolute Gasteiger partial charge is 0.423 e. The third kappa shape index (κ3) is 2.52. The number of nitro benzene ring substituents is 1. The Labute approximate surface area is 93.2 Å². The lowest BCUT2D eigenvalue weighted by atomic mass is 10.0. The van der Waals surface area contributed by atoms with E-state index in [4.69, 9.17) is 5.73 Å². The Hall–Kier alpha value is -2.12. The van der Waals surface area contributed by atoms with Gasteiger partial charge in [-0.2, -0.15) is 13.2 Å². The number of carbonyl (C=O) groups is 1. The minimum atomic E-state index is -4.90. The highest BCUT2D eigenvalue weighted by Crippen LogP contribution is 2.38. The van der Waals surface area contributed by atoms with Crippen molar-refractivity contribution in [1.29, 1.82) is 0 Å². The quantitative estimate of drug-likeness (QED) is 0.377. The van der Waals surface area contributed by atoms with Gasteiger partial charge in [-0.3, -0.25) is 14.9 Å². The van der Waals surface area contributed by atoms with Crippen LogP contribution in [0.15, 0.2) is 12.1 Å². The molecule has 92 valence electrons. The maximum atomic E-state index is 12.5. The van der Waals surface area contributed by atoms with Crippen molar-refractivity contribution in [2.24, 2.45) is 0 Å². The second-order valence-corrected chi connectivity index (χ2v) is 3.27. The van der Waals surface area contributed by atoms with E-state index in [1.807, 2.05) is 0 Å². The van der Waals surface area contributed by atoms with Crippen LogP contribution in [0.3, 0.4) is 0 Å². The van der Waals surface area contributed by atoms with Crippen molar-refractivity contribution in [3.63, 3.8) is 0 Å². The van der Waals surface area contributed by atoms with Gasteiger partial charge >= 0.3 is 6.18 Å². The number of hydrogen-bond donors (Lipinski definition) is 1. The van der Waals surface area contributed by atoms with Crippen LogP contribution in [0, 0.1) is 10.1 Å². The predicted octanol–water partition coefficient (Wildman–Crippen LogP) is 2.40. The number of anilines is 1. The summed E-state index contributed by atoms with van der Waals surface area (Å²) in [7, 11) is 0. The lowest BCUT2D eigenvalue weighted by Gasteiger charge is -2.10. The summed E-state index contributed by atoms with van der Waals surface area (Å²) in [5.41, 5.74) is 1.86. The van der Waals surface area contributed by atoms with Gasteiger partial charge in [0, 0.05) is 17.3 Å². The van der Waals surface area contributed by atoms with E-state index in [9.17, 15) is 28.1 Å². The van der Waals surface area contributed by atoms with Gasteiger partial charge in [-0.15, -0.1) is 0 Å². The smallest absolute Gasteiger partial charge is 0.398 e. The molecule has 0 saturated heterocycles. The van der Waals surface area contributed by atoms with Crippen molar-refractivity contribution >= 4 is 17.2 Å². The monoisotopic (exact) mass is 248 g/mol. The number of nitrogen functional groups attached to an aromatic ring is 1. The fourth-order valence-electron chi connectivity index (χ4n) is 1.29. The van der Waals surface area contributed by atoms with Crippen LogP contribution in [-0.4, -0.2) is 10.7 Å². The number of ketones is 1. The molecule has 0 bridgehead atoms. The minimum absolute atomic E-state index is 0.301. The van der Waals surface area contributed by atoms with Gasteiger partial charge in [0.25, 0.3) is 5.69 Å². The van der Waals surface area contributed by atoms with E-state index in [0.717, 1.165) is 6.92 Å². The van der Waals surface area contributed by atoms with Gasteiger partial charge in [-0.1, -0.05) is 0 Å². The summed E-state index contributed by atoms with van der Waals surface area (Å²) >= 11 is 0. The molecular weight excluding hydrogens is 241 g/mol. The van der Waals surface area contributed by atoms with Gasteiger partial charge in [-0.25, -0.2) is 0 Å². The fourth-order valence-corrected chi connectivity index (χ4v) is 1.29. The standard InChI is InChI=1S/C9H7F3N2O3/c1-4(15)5-2-8(14(16)17)6(3-7(5)13)9(10,11)12/h2-3H,13H2,1H3. The van der Waals surface area contributed by atoms with Crippen molar-refractivity contribution in [1.82, 2.24) is 0 Å². The third-order valence-corrected chi connectivity index (χ3v) is 2.05. The summed E-state index contributed by atoms with van der Waals surface area (Å²) < 4.78 is 37.4. The minimum Gasteiger partial charge on any atom is -0.398 e. The molecule has 17 heavy (non-hydrogen) atoms. The molecule has 0 heterocycles. The molecule has 0 aliphatic heterocycles. The first-order valence-electron chi connectivity index (χ1n) is 4.30. The molecule has 0 aromatic heterocycles. The number of hydrogen-bond acceptors (Lipinski definition) is 4. The molecule has 0 amide bonds. The molecule has 1 aromatic carbocycles. The number of alkyl halides is 3. The number of nitrogens with two attached hydrogens (primary N) is 1. The lowest BCUT2D eigenvalue weighted by molar-refractivity contribution is -0.388. The van der Waals surface area contributed by atoms with E-state index < -0.39 is 33.8 Å². The zero-order valence-corrected chi connectivity index (χ0v) is 8.54. The number of Topliss-reactive ketones (excluding diaryl/α,β-unsaturated/α-hetero) is 1. The topological polar surface area (TPSA) is 86.2 Å². The number of rotatable bonds is 2. The highest BCUT2D eigenvalue weighted by Gasteiger charge is 2.39. The third-order valence-electron chi connectivity index (χ3n) is 2.05. The van der Waals surface area contributed by atoms with E-state index in [0.29, 0.717) is 12.1 Å². The van der Waals surface area contributed by atoms with Gasteiger partial charge in [0.1, 0.15) is 5.56 Å². The van der Waals surface area contributed by atoms with Gasteiger partial charge in [0.2, 0.25) is 0 Å². The van der Waals surface area contributed by atoms with Crippen molar-refractivity contribution in [3.05, 3.63) is 33.4 Å². The first kappa shape index (κ1) is 12.9. The van der Waals surface area contributed by atoms with Crippen LogP contribution >= 0.6 is 0 Å². The summed E-state index contributed by atoms with van der Waals surface area (Å²) in [6, 6.07) is 0.940. The molecule has 0 unspecified atom stereocenters. The normalized spacial score (nSPS) is 11.3. The predicted molar refractivity (Wildman–Crippen MR) is 52.5 cm³/mol. The van der Waals surface area contributed by atoms with Crippen molar-refractivity contribution in [2.75, 3.05) is 5.73 Å². The summed E-state index contributed by atoms with van der Waals surface area (Å²) in [6.45, 7) is 1.06. The van der Waals surface area contributed by atoms with E-state index in [1.165, 1.54) is 0 Å². The zero-order chi connectivity index (χ0) is 13.4. The highest BCUT2D eigenvalue weighted by molar-refractivity contribution is 6.00. The van der Waals surface area contributed by atoms with E-state index in [1.54, 1.807) is 0 Å². The van der Waals surface area contributed by atoms with Crippen molar-refractivity contribution < 1.29 is 22.9 Å². The average Bonchev–Trinajstić information content (AvgIpc) is 2.14. The van der Waals surface area contributed by atoms with Crippen LogP contribution in [0.5, 0.6) is 0 Å². The Morgan fingerprint density at radius 1 is 1.41 bits per heavy atom. The Morgan fingerprint density at radius 2 is 1.94 bits per heavy atom. The van der Waals surface area contributed by atoms with Crippen LogP contribution in [0.1, 0.15) is 22.8 Å². The molecule has 0 atom stereocenters. The molecule has 0 aliphatic carbocycles. The summed E-state index contributed by atoms with van der Waals surface area (Å²) in [6.07, 6.45) is -4.90. The SMILES string of the molecule is CC(=O)c1cc([N+](=O)[O-])c(C(F)(F)F)cc1N. The van der Waals surface area contributed by atoms with Gasteiger partial charge in [0.15, 0.2) is 5.78 Å². The molecule has 5 nitrogen and oxygen atoms in total. The molecule has 0 aliphatic rings. The lowest BCUT2D eigenvalue weighted by Crippen LogP contribution is -2.12. The first-order valence-corrected chi connectivity index (χ1v) is 4.30. The Morgan fingerprint density at radius 3 is 2.29 bits per heavy atom. The second kappa shape index (κ2) is 4.04. The summed E-state index contributed by atoms with van der Waals surface area (Å²) in [5.74, 6) is -0.640. The Kier molecular flexibility index (Phi) is 3.08.